The van der Waals surface area contributed by atoms with Gasteiger partial charge in [0.2, 0.25) is 0 Å². The Labute approximate surface area is 169 Å². The number of carbonyl (C=O) groups is 2. The molecule has 0 saturated carbocycles. The monoisotopic (exact) mass is 435 g/mol. The Bertz CT molecular complexity index is 1210. The SMILES string of the molecule is Cc1occc1C(=O)NNC(=O)c1ccc(NS(=O)(=O)c2ccc(F)c(F)c2)cc1. The minimum absolute atomic E-state index is 0.0920. The molecule has 0 unspecified atom stereocenters. The fourth-order valence-electron chi connectivity index (χ4n) is 2.42. The van der Waals surface area contributed by atoms with Crippen LogP contribution in [0.3, 0.4) is 0 Å². The van der Waals surface area contributed by atoms with E-state index in [4.69, 9.17) is 4.42 Å². The standard InChI is InChI=1S/C19H15F2N3O5S/c1-11-15(8-9-29-11)19(26)23-22-18(25)12-2-4-13(5-3-12)24-30(27,28)14-6-7-16(20)17(21)10-14/h2-10,24H,1H3,(H,22,25)(H,23,26). The third-order valence-electron chi connectivity index (χ3n) is 3.99. The lowest BCUT2D eigenvalue weighted by molar-refractivity contribution is 0.0845. The Morgan fingerprint density at radius 3 is 2.17 bits per heavy atom. The number of anilines is 1. The van der Waals surface area contributed by atoms with Crippen LogP contribution in [0.25, 0.3) is 0 Å². The van der Waals surface area contributed by atoms with E-state index in [1.807, 2.05) is 0 Å². The van der Waals surface area contributed by atoms with Crippen molar-refractivity contribution in [1.82, 2.24) is 10.9 Å². The zero-order valence-corrected chi connectivity index (χ0v) is 16.2. The summed E-state index contributed by atoms with van der Waals surface area (Å²) < 4.78 is 58.0. The fraction of sp³-hybridized carbons (Fsp3) is 0.0526. The number of rotatable bonds is 5. The number of hydrazine groups is 1. The summed E-state index contributed by atoms with van der Waals surface area (Å²) in [5.74, 6) is -3.28. The minimum Gasteiger partial charge on any atom is -0.469 e. The number of halogens is 2. The van der Waals surface area contributed by atoms with Gasteiger partial charge in [0, 0.05) is 11.3 Å². The first-order chi connectivity index (χ1) is 14.2. The highest BCUT2D eigenvalue weighted by molar-refractivity contribution is 7.92. The summed E-state index contributed by atoms with van der Waals surface area (Å²) in [7, 11) is -4.16. The Kier molecular flexibility index (Phi) is 5.83. The van der Waals surface area contributed by atoms with Crippen LogP contribution in [0, 0.1) is 18.6 Å². The van der Waals surface area contributed by atoms with Gasteiger partial charge in [-0.3, -0.25) is 25.2 Å². The van der Waals surface area contributed by atoms with Crippen LogP contribution in [-0.4, -0.2) is 20.2 Å². The summed E-state index contributed by atoms with van der Waals surface area (Å²) >= 11 is 0. The normalized spacial score (nSPS) is 11.0. The van der Waals surface area contributed by atoms with Crippen molar-refractivity contribution in [2.75, 3.05) is 4.72 Å². The first-order valence-electron chi connectivity index (χ1n) is 8.40. The molecule has 0 aliphatic heterocycles. The van der Waals surface area contributed by atoms with Crippen molar-refractivity contribution in [3.63, 3.8) is 0 Å². The van der Waals surface area contributed by atoms with Crippen LogP contribution in [0.4, 0.5) is 14.5 Å². The largest absolute Gasteiger partial charge is 0.469 e. The van der Waals surface area contributed by atoms with E-state index in [0.717, 1.165) is 6.07 Å². The summed E-state index contributed by atoms with van der Waals surface area (Å²) in [6.45, 7) is 1.59. The number of nitrogens with one attached hydrogen (secondary N) is 3. The number of amides is 2. The number of hydrogen-bond donors (Lipinski definition) is 3. The van der Waals surface area contributed by atoms with Crippen molar-refractivity contribution in [1.29, 1.82) is 0 Å². The number of hydrogen-bond acceptors (Lipinski definition) is 5. The molecule has 30 heavy (non-hydrogen) atoms. The first kappa shape index (κ1) is 21.0. The van der Waals surface area contributed by atoms with Gasteiger partial charge in [0.25, 0.3) is 21.8 Å². The van der Waals surface area contributed by atoms with Crippen molar-refractivity contribution >= 4 is 27.5 Å². The predicted molar refractivity (Wildman–Crippen MR) is 102 cm³/mol. The van der Waals surface area contributed by atoms with Crippen molar-refractivity contribution < 1.29 is 31.2 Å². The summed E-state index contributed by atoms with van der Waals surface area (Å²) in [4.78, 5) is 23.6. The number of furan rings is 1. The molecular weight excluding hydrogens is 420 g/mol. The van der Waals surface area contributed by atoms with E-state index < -0.39 is 38.4 Å². The fourth-order valence-corrected chi connectivity index (χ4v) is 3.49. The Balaban J connectivity index is 1.64. The smallest absolute Gasteiger partial charge is 0.273 e. The van der Waals surface area contributed by atoms with Crippen molar-refractivity contribution in [2.45, 2.75) is 11.8 Å². The maximum absolute atomic E-state index is 13.3. The highest BCUT2D eigenvalue weighted by Gasteiger charge is 2.17. The molecule has 8 nitrogen and oxygen atoms in total. The van der Waals surface area contributed by atoms with Gasteiger partial charge in [0.1, 0.15) is 5.76 Å². The van der Waals surface area contributed by atoms with E-state index >= 15 is 0 Å². The molecule has 0 aliphatic carbocycles. The highest BCUT2D eigenvalue weighted by Crippen LogP contribution is 2.19. The summed E-state index contributed by atoms with van der Waals surface area (Å²) in [5.41, 5.74) is 4.94. The van der Waals surface area contributed by atoms with Gasteiger partial charge in [-0.2, -0.15) is 0 Å². The Morgan fingerprint density at radius 2 is 1.57 bits per heavy atom. The number of aryl methyl sites for hydroxylation is 1. The molecule has 3 rings (SSSR count). The average Bonchev–Trinajstić information content (AvgIpc) is 3.14. The molecule has 1 aromatic heterocycles. The third kappa shape index (κ3) is 4.63. The van der Waals surface area contributed by atoms with E-state index in [9.17, 15) is 26.8 Å². The van der Waals surface area contributed by atoms with E-state index in [1.165, 1.54) is 36.6 Å². The molecule has 0 atom stereocenters. The summed E-state index contributed by atoms with van der Waals surface area (Å²) in [6.07, 6.45) is 1.34. The van der Waals surface area contributed by atoms with Crippen LogP contribution in [0.1, 0.15) is 26.5 Å². The minimum atomic E-state index is -4.16. The molecule has 0 saturated heterocycles. The van der Waals surface area contributed by atoms with Crippen molar-refractivity contribution in [2.24, 2.45) is 0 Å². The maximum Gasteiger partial charge on any atom is 0.273 e. The van der Waals surface area contributed by atoms with E-state index in [0.29, 0.717) is 17.9 Å². The van der Waals surface area contributed by atoms with Crippen LogP contribution < -0.4 is 15.6 Å². The van der Waals surface area contributed by atoms with Gasteiger partial charge in [-0.05, 0) is 55.5 Å². The maximum atomic E-state index is 13.3. The number of carbonyl (C=O) groups excluding carboxylic acids is 2. The van der Waals surface area contributed by atoms with Gasteiger partial charge >= 0.3 is 0 Å². The predicted octanol–water partition coefficient (Wildman–Crippen LogP) is 2.74. The molecule has 3 aromatic rings. The molecule has 0 aliphatic rings. The van der Waals surface area contributed by atoms with Gasteiger partial charge in [-0.1, -0.05) is 0 Å². The van der Waals surface area contributed by atoms with Gasteiger partial charge in [-0.25, -0.2) is 17.2 Å². The van der Waals surface area contributed by atoms with Crippen LogP contribution in [-0.2, 0) is 10.0 Å². The van der Waals surface area contributed by atoms with Crippen LogP contribution in [0.15, 0.2) is 64.1 Å². The lowest BCUT2D eigenvalue weighted by Crippen LogP contribution is -2.41. The molecule has 3 N–H and O–H groups in total. The molecule has 2 amide bonds. The third-order valence-corrected chi connectivity index (χ3v) is 5.37. The van der Waals surface area contributed by atoms with E-state index in [-0.39, 0.29) is 16.8 Å². The summed E-state index contributed by atoms with van der Waals surface area (Å²) in [5, 5.41) is 0. The van der Waals surface area contributed by atoms with Crippen LogP contribution in [0.2, 0.25) is 0 Å². The van der Waals surface area contributed by atoms with E-state index in [1.54, 1.807) is 6.92 Å². The van der Waals surface area contributed by atoms with Crippen molar-refractivity contribution in [3.8, 4) is 0 Å². The van der Waals surface area contributed by atoms with Crippen molar-refractivity contribution in [3.05, 3.63) is 83.3 Å². The Morgan fingerprint density at radius 1 is 0.900 bits per heavy atom. The van der Waals surface area contributed by atoms with Crippen LogP contribution >= 0.6 is 0 Å². The first-order valence-corrected chi connectivity index (χ1v) is 9.88. The molecular formula is C19H15F2N3O5S. The molecule has 0 spiro atoms. The number of sulfonamides is 1. The quantitative estimate of drug-likeness (QED) is 0.533. The van der Waals surface area contributed by atoms with Crippen LogP contribution in [0.5, 0.6) is 0 Å². The molecule has 11 heteroatoms. The second-order valence-corrected chi connectivity index (χ2v) is 7.74. The van der Waals surface area contributed by atoms with Gasteiger partial charge < -0.3 is 4.42 Å². The van der Waals surface area contributed by atoms with Gasteiger partial charge in [-0.15, -0.1) is 0 Å². The second-order valence-electron chi connectivity index (χ2n) is 6.06. The van der Waals surface area contributed by atoms with Gasteiger partial charge in [0.05, 0.1) is 16.7 Å². The van der Waals surface area contributed by atoms with E-state index in [2.05, 4.69) is 15.6 Å². The topological polar surface area (TPSA) is 118 Å². The highest BCUT2D eigenvalue weighted by atomic mass is 32.2. The molecule has 2 aromatic carbocycles. The molecule has 0 bridgehead atoms. The Hall–Kier alpha value is -3.73. The molecule has 1 heterocycles. The number of benzene rings is 2. The molecule has 156 valence electrons. The lowest BCUT2D eigenvalue weighted by atomic mass is 10.2. The second kappa shape index (κ2) is 8.33. The zero-order chi connectivity index (χ0) is 21.9. The zero-order valence-electron chi connectivity index (χ0n) is 15.4. The average molecular weight is 435 g/mol. The van der Waals surface area contributed by atoms with Gasteiger partial charge in [0.15, 0.2) is 11.6 Å². The summed E-state index contributed by atoms with van der Waals surface area (Å²) in [6, 6.07) is 8.86. The lowest BCUT2D eigenvalue weighted by Gasteiger charge is -2.10. The molecule has 0 fully saturated rings. The molecule has 0 radical (unpaired) electrons.